The number of nitrogens with one attached hydrogen (secondary N) is 8. The van der Waals surface area contributed by atoms with E-state index in [1.165, 1.54) is 34.1 Å². The van der Waals surface area contributed by atoms with Crippen molar-refractivity contribution >= 4 is 47.3 Å². The molecule has 74 heavy (non-hydrogen) atoms. The van der Waals surface area contributed by atoms with Crippen molar-refractivity contribution in [2.24, 2.45) is 10.8 Å². The van der Waals surface area contributed by atoms with Crippen molar-refractivity contribution in [1.29, 1.82) is 0 Å². The summed E-state index contributed by atoms with van der Waals surface area (Å²) in [5.41, 5.74) is 0.0724. The number of likely N-dealkylation sites (N-methyl/N-ethyl adjacent to an activating group) is 2. The number of amides is 8. The summed E-state index contributed by atoms with van der Waals surface area (Å²) in [6.07, 6.45) is 0.0263. The first kappa shape index (κ1) is 58.2. The zero-order chi connectivity index (χ0) is 54.7. The number of aliphatic hydroxyl groups excluding tert-OH is 2. The summed E-state index contributed by atoms with van der Waals surface area (Å²) in [7, 11) is 3.24. The summed E-state index contributed by atoms with van der Waals surface area (Å²) in [4.78, 5) is 114. The van der Waals surface area contributed by atoms with Crippen LogP contribution in [0, 0.1) is 10.8 Å². The van der Waals surface area contributed by atoms with Crippen LogP contribution >= 0.6 is 0 Å². The predicted octanol–water partition coefficient (Wildman–Crippen LogP) is 1.06. The number of carbonyl (C=O) groups excluding carboxylic acids is 8. The standard InChI is InChI=1S/C54H76N10O10/c1-31(55-9)45(67)61-43(53(3,4)5)51(73)63-27-37(25-41(63)49(71)59-39(29-65)33-17-13-11-14-18-33)57-47(69)35-21-23-36(24-22-35)48(70)58-38-26-42(50(72)60-40(30-66)34-19-15-12-16-20-34)64(28-38)52(74)44(54(6,7)8)62-46(68)32(2)56-10/h11-24,31-32,37-44,55-56,65-66H,25-30H2,1-10H3,(H,57,69)(H,58,70)(H,59,71)(H,60,72)(H,61,67)(H,62,68)/t31-,32-,37-,38-,39-,40-,41-,42-,43+,44+/m0/s1. The van der Waals surface area contributed by atoms with Gasteiger partial charge in [-0.15, -0.1) is 0 Å². The molecule has 20 nitrogen and oxygen atoms in total. The number of hydrogen-bond acceptors (Lipinski definition) is 12. The summed E-state index contributed by atoms with van der Waals surface area (Å²) in [6.45, 7) is 13.1. The van der Waals surface area contributed by atoms with Gasteiger partial charge in [0.05, 0.1) is 37.4 Å². The largest absolute Gasteiger partial charge is 0.394 e. The molecule has 2 aliphatic heterocycles. The molecule has 3 aromatic carbocycles. The minimum atomic E-state index is -1.09. The van der Waals surface area contributed by atoms with Crippen molar-refractivity contribution in [2.45, 2.75) is 129 Å². The van der Waals surface area contributed by atoms with Crippen molar-refractivity contribution < 1.29 is 48.6 Å². The van der Waals surface area contributed by atoms with E-state index in [-0.39, 0.29) is 37.1 Å². The molecular weight excluding hydrogens is 949 g/mol. The van der Waals surface area contributed by atoms with Crippen molar-refractivity contribution in [3.05, 3.63) is 107 Å². The lowest BCUT2D eigenvalue weighted by Gasteiger charge is -2.36. The van der Waals surface area contributed by atoms with Gasteiger partial charge in [-0.3, -0.25) is 38.4 Å². The molecule has 8 amide bonds. The summed E-state index contributed by atoms with van der Waals surface area (Å²) in [6, 6.07) is 15.0. The molecular formula is C54H76N10O10. The van der Waals surface area contributed by atoms with Crippen molar-refractivity contribution in [3.8, 4) is 0 Å². The Kier molecular flexibility index (Phi) is 20.0. The van der Waals surface area contributed by atoms with Gasteiger partial charge >= 0.3 is 0 Å². The highest BCUT2D eigenvalue weighted by Gasteiger charge is 2.48. The molecule has 2 fully saturated rings. The fourth-order valence-electron chi connectivity index (χ4n) is 8.98. The molecule has 0 spiro atoms. The van der Waals surface area contributed by atoms with Crippen LogP contribution in [-0.4, -0.2) is 156 Å². The van der Waals surface area contributed by atoms with Gasteiger partial charge in [0.1, 0.15) is 24.2 Å². The second-order valence-electron chi connectivity index (χ2n) is 21.3. The Morgan fingerprint density at radius 1 is 0.527 bits per heavy atom. The van der Waals surface area contributed by atoms with E-state index < -0.39 is 132 Å². The molecule has 20 heteroatoms. The SMILES string of the molecule is CN[C@@H](C)C(=O)N[C@H](C(=O)N1C[C@@H](NC(=O)c2ccc(C(=O)N[C@H]3C[C@@H](C(=O)N[C@@H](CO)c4ccccc4)N(C(=O)[C@@H](NC(=O)[C@H](C)NC)C(C)(C)C)C3)cc2)C[C@H]1C(=O)N[C@@H](CO)c1ccccc1)C(C)(C)C. The maximum Gasteiger partial charge on any atom is 0.251 e. The average molecular weight is 1030 g/mol. The van der Waals surface area contributed by atoms with E-state index in [0.29, 0.717) is 11.1 Å². The van der Waals surface area contributed by atoms with Gasteiger partial charge in [-0.25, -0.2) is 0 Å². The lowest BCUT2D eigenvalue weighted by molar-refractivity contribution is -0.144. The van der Waals surface area contributed by atoms with Crippen molar-refractivity contribution in [1.82, 2.24) is 52.3 Å². The molecule has 2 saturated heterocycles. The number of rotatable bonds is 20. The van der Waals surface area contributed by atoms with Gasteiger partial charge in [-0.05, 0) is 87.0 Å². The summed E-state index contributed by atoms with van der Waals surface area (Å²) in [5.74, 6) is -4.08. The highest BCUT2D eigenvalue weighted by molar-refractivity contribution is 5.99. The van der Waals surface area contributed by atoms with Crippen LogP contribution in [0.3, 0.4) is 0 Å². The summed E-state index contributed by atoms with van der Waals surface area (Å²) >= 11 is 0. The van der Waals surface area contributed by atoms with Gasteiger partial charge < -0.3 is 62.5 Å². The van der Waals surface area contributed by atoms with Gasteiger partial charge in [0.2, 0.25) is 35.4 Å². The van der Waals surface area contributed by atoms with Gasteiger partial charge in [-0.1, -0.05) is 102 Å². The van der Waals surface area contributed by atoms with Gasteiger partial charge in [-0.2, -0.15) is 0 Å². The van der Waals surface area contributed by atoms with Gasteiger partial charge in [0, 0.05) is 36.3 Å². The molecule has 10 N–H and O–H groups in total. The molecule has 3 aromatic rings. The Labute approximate surface area is 433 Å². The number of carbonyl (C=O) groups is 8. The first-order valence-electron chi connectivity index (χ1n) is 25.1. The second-order valence-corrected chi connectivity index (χ2v) is 21.3. The normalized spacial score (nSPS) is 20.2. The van der Waals surface area contributed by atoms with Crippen molar-refractivity contribution in [3.63, 3.8) is 0 Å². The Morgan fingerprint density at radius 2 is 0.851 bits per heavy atom. The van der Waals surface area contributed by atoms with E-state index in [2.05, 4.69) is 42.5 Å². The Bertz CT molecular complexity index is 2280. The molecule has 2 heterocycles. The van der Waals surface area contributed by atoms with Crippen LogP contribution in [0.15, 0.2) is 84.9 Å². The zero-order valence-corrected chi connectivity index (χ0v) is 44.2. The van der Waals surface area contributed by atoms with Crippen LogP contribution in [-0.2, 0) is 28.8 Å². The molecule has 0 aromatic heterocycles. The van der Waals surface area contributed by atoms with Gasteiger partial charge in [0.15, 0.2) is 0 Å². The fourth-order valence-corrected chi connectivity index (χ4v) is 8.98. The predicted molar refractivity (Wildman–Crippen MR) is 278 cm³/mol. The Morgan fingerprint density at radius 3 is 1.14 bits per heavy atom. The van der Waals surface area contributed by atoms with Gasteiger partial charge in [0.25, 0.3) is 11.8 Å². The van der Waals surface area contributed by atoms with Crippen LogP contribution in [0.2, 0.25) is 0 Å². The van der Waals surface area contributed by atoms with E-state index in [1.54, 1.807) is 130 Å². The quantitative estimate of drug-likeness (QED) is 0.0762. The first-order valence-corrected chi connectivity index (χ1v) is 25.1. The van der Waals surface area contributed by atoms with E-state index in [0.717, 1.165) is 0 Å². The van der Waals surface area contributed by atoms with E-state index >= 15 is 0 Å². The lowest BCUT2D eigenvalue weighted by atomic mass is 9.85. The molecule has 402 valence electrons. The third kappa shape index (κ3) is 14.7. The molecule has 0 radical (unpaired) electrons. The molecule has 10 atom stereocenters. The highest BCUT2D eigenvalue weighted by Crippen LogP contribution is 2.29. The van der Waals surface area contributed by atoms with Crippen LogP contribution < -0.4 is 42.5 Å². The molecule has 0 saturated carbocycles. The van der Waals surface area contributed by atoms with Crippen LogP contribution in [0.5, 0.6) is 0 Å². The van der Waals surface area contributed by atoms with Crippen LogP contribution in [0.25, 0.3) is 0 Å². The zero-order valence-electron chi connectivity index (χ0n) is 44.2. The Balaban J connectivity index is 1.33. The van der Waals surface area contributed by atoms with E-state index in [4.69, 9.17) is 0 Å². The van der Waals surface area contributed by atoms with Crippen LogP contribution in [0.1, 0.15) is 112 Å². The maximum atomic E-state index is 14.5. The Hall–Kier alpha value is -6.74. The molecule has 0 unspecified atom stereocenters. The maximum absolute atomic E-state index is 14.5. The molecule has 5 rings (SSSR count). The van der Waals surface area contributed by atoms with E-state index in [9.17, 15) is 48.6 Å². The summed E-state index contributed by atoms with van der Waals surface area (Å²) in [5, 5.41) is 43.6. The second kappa shape index (κ2) is 25.5. The topological polar surface area (TPSA) is 280 Å². The molecule has 2 aliphatic rings. The van der Waals surface area contributed by atoms with Crippen molar-refractivity contribution in [2.75, 3.05) is 40.4 Å². The fraction of sp³-hybridized carbons (Fsp3) is 0.519. The minimum Gasteiger partial charge on any atom is -0.394 e. The third-order valence-electron chi connectivity index (χ3n) is 13.7. The third-order valence-corrected chi connectivity index (χ3v) is 13.7. The number of nitrogens with zero attached hydrogens (tertiary/aromatic N) is 2. The smallest absolute Gasteiger partial charge is 0.251 e. The summed E-state index contributed by atoms with van der Waals surface area (Å²) < 4.78 is 0. The van der Waals surface area contributed by atoms with Crippen LogP contribution in [0.4, 0.5) is 0 Å². The molecule has 0 aliphatic carbocycles. The van der Waals surface area contributed by atoms with E-state index in [1.807, 2.05) is 0 Å². The number of likely N-dealkylation sites (tertiary alicyclic amines) is 2. The first-order chi connectivity index (χ1) is 34.9. The average Bonchev–Trinajstić information content (AvgIpc) is 4.01. The number of hydrogen-bond donors (Lipinski definition) is 10. The number of benzene rings is 3. The molecule has 0 bridgehead atoms. The minimum absolute atomic E-state index is 0.0131. The number of aliphatic hydroxyl groups is 2. The highest BCUT2D eigenvalue weighted by atomic mass is 16.3. The monoisotopic (exact) mass is 1020 g/mol. The lowest BCUT2D eigenvalue weighted by Crippen LogP contribution is -2.59.